The van der Waals surface area contributed by atoms with Gasteiger partial charge in [0.15, 0.2) is 5.13 Å². The molecule has 74 valence electrons. The summed E-state index contributed by atoms with van der Waals surface area (Å²) in [4.78, 5) is 0.985. The van der Waals surface area contributed by atoms with Crippen molar-refractivity contribution in [3.05, 3.63) is 28.9 Å². The number of aliphatic hydroxyl groups is 1. The van der Waals surface area contributed by atoms with Gasteiger partial charge in [0.25, 0.3) is 0 Å². The first kappa shape index (κ1) is 9.96. The molecule has 2 aromatic rings. The lowest BCUT2D eigenvalue weighted by atomic mass is 10.2. The number of benzene rings is 1. The lowest BCUT2D eigenvalue weighted by molar-refractivity contribution is 0.279. The van der Waals surface area contributed by atoms with Crippen LogP contribution in [0.4, 0.5) is 4.39 Å². The fraction of sp³-hybridized carbons (Fsp3) is 0.200. The zero-order valence-corrected chi connectivity index (χ0v) is 9.21. The molecule has 1 aromatic heterocycles. The molecule has 0 atom stereocenters. The Hall–Kier alpha value is -0.580. The number of hydrogen-bond donors (Lipinski definition) is 1. The molecule has 0 aliphatic heterocycles. The molecular formula is C10H9FOS2. The maximum atomic E-state index is 13.0. The van der Waals surface area contributed by atoms with E-state index in [0.29, 0.717) is 0 Å². The lowest BCUT2D eigenvalue weighted by Crippen LogP contribution is -1.86. The Kier molecular flexibility index (Phi) is 2.76. The molecule has 0 radical (unpaired) electrons. The fourth-order valence-electron chi connectivity index (χ4n) is 1.44. The van der Waals surface area contributed by atoms with Gasteiger partial charge >= 0.3 is 0 Å². The molecule has 0 fully saturated rings. The summed E-state index contributed by atoms with van der Waals surface area (Å²) in [5, 5.41) is 9.85. The van der Waals surface area contributed by atoms with Crippen molar-refractivity contribution >= 4 is 33.2 Å². The summed E-state index contributed by atoms with van der Waals surface area (Å²) in [6.07, 6.45) is 1.94. The van der Waals surface area contributed by atoms with Crippen LogP contribution in [0.3, 0.4) is 0 Å². The van der Waals surface area contributed by atoms with Gasteiger partial charge in [0.2, 0.25) is 0 Å². The monoisotopic (exact) mass is 228 g/mol. The van der Waals surface area contributed by atoms with Gasteiger partial charge in [-0.05, 0) is 23.3 Å². The molecule has 4 heteroatoms. The average Bonchev–Trinajstić information content (AvgIpc) is 2.56. The molecule has 1 N–H and O–H groups in total. The molecule has 0 amide bonds. The number of rotatable bonds is 2. The molecule has 2 rings (SSSR count). The highest BCUT2D eigenvalue weighted by Crippen LogP contribution is 2.35. The Morgan fingerprint density at radius 2 is 2.29 bits per heavy atom. The maximum Gasteiger partial charge on any atom is 0.177 e. The van der Waals surface area contributed by atoms with E-state index in [9.17, 15) is 4.39 Å². The number of thioether (sulfide) groups is 1. The second-order valence-corrected chi connectivity index (χ2v) is 4.70. The number of aliphatic hydroxyl groups excluding tert-OH is 1. The third kappa shape index (κ3) is 1.54. The Bertz CT molecular complexity index is 464. The minimum absolute atomic E-state index is 0.00559. The minimum atomic E-state index is -0.176. The summed E-state index contributed by atoms with van der Waals surface area (Å²) in [7, 11) is 0. The zero-order chi connectivity index (χ0) is 10.1. The van der Waals surface area contributed by atoms with Gasteiger partial charge in [-0.3, -0.25) is 0 Å². The number of hydrogen-bond acceptors (Lipinski definition) is 3. The number of halogens is 1. The summed E-state index contributed by atoms with van der Waals surface area (Å²) in [5.74, 6) is 0. The fourth-order valence-corrected chi connectivity index (χ4v) is 3.36. The third-order valence-electron chi connectivity index (χ3n) is 2.07. The molecule has 0 saturated carbocycles. The quantitative estimate of drug-likeness (QED) is 0.796. The van der Waals surface area contributed by atoms with Crippen molar-refractivity contribution < 1.29 is 9.50 Å². The first-order valence-electron chi connectivity index (χ1n) is 4.12. The Morgan fingerprint density at radius 3 is 2.93 bits per heavy atom. The van der Waals surface area contributed by atoms with E-state index in [1.807, 2.05) is 18.4 Å². The van der Waals surface area contributed by atoms with E-state index in [0.717, 1.165) is 31.9 Å². The highest BCUT2D eigenvalue weighted by molar-refractivity contribution is 7.99. The van der Waals surface area contributed by atoms with Crippen LogP contribution in [0.15, 0.2) is 23.1 Å². The second kappa shape index (κ2) is 3.88. The van der Waals surface area contributed by atoms with Crippen LogP contribution < -0.4 is 0 Å². The Balaban J connectivity index is 2.75. The van der Waals surface area contributed by atoms with E-state index < -0.39 is 0 Å². The van der Waals surface area contributed by atoms with Gasteiger partial charge in [0.1, 0.15) is 0 Å². The van der Waals surface area contributed by atoms with E-state index in [-0.39, 0.29) is 11.7 Å². The summed E-state index contributed by atoms with van der Waals surface area (Å²) in [5.41, 5.74) is 0.867. The molecule has 0 aliphatic carbocycles. The normalized spacial score (nSPS) is 11.1. The minimum Gasteiger partial charge on any atom is -0.392 e. The van der Waals surface area contributed by atoms with Crippen molar-refractivity contribution in [2.24, 2.45) is 0 Å². The molecule has 0 aliphatic rings. The van der Waals surface area contributed by atoms with Crippen LogP contribution >= 0.6 is 23.1 Å². The topological polar surface area (TPSA) is 20.2 Å². The molecule has 1 nitrogen and oxygen atoms in total. The predicted molar refractivity (Wildman–Crippen MR) is 59.5 cm³/mol. The molecule has 14 heavy (non-hydrogen) atoms. The molecule has 0 bridgehead atoms. The van der Waals surface area contributed by atoms with Crippen LogP contribution in [-0.2, 0) is 6.61 Å². The van der Waals surface area contributed by atoms with Crippen LogP contribution in [0, 0.1) is 5.13 Å². The molecular weight excluding hydrogens is 219 g/mol. The highest BCUT2D eigenvalue weighted by Gasteiger charge is 2.09. The van der Waals surface area contributed by atoms with Crippen molar-refractivity contribution in [2.75, 3.05) is 6.26 Å². The summed E-state index contributed by atoms with van der Waals surface area (Å²) in [6, 6.07) is 5.22. The lowest BCUT2D eigenvalue weighted by Gasteiger charge is -2.04. The highest BCUT2D eigenvalue weighted by atomic mass is 32.2. The van der Waals surface area contributed by atoms with Crippen LogP contribution in [-0.4, -0.2) is 11.4 Å². The standard InChI is InChI=1S/C10H9FOS2/c1-13-9-7(5-12)3-2-6-4-8(11)14-10(6)9/h2-4,12H,5H2,1H3. The van der Waals surface area contributed by atoms with Gasteiger partial charge in [-0.1, -0.05) is 12.1 Å². The Morgan fingerprint density at radius 1 is 1.50 bits per heavy atom. The van der Waals surface area contributed by atoms with Gasteiger partial charge in [-0.25, -0.2) is 0 Å². The SMILES string of the molecule is CSc1c(CO)ccc2cc(F)sc12. The molecule has 0 spiro atoms. The first-order chi connectivity index (χ1) is 6.76. The van der Waals surface area contributed by atoms with E-state index in [4.69, 9.17) is 5.11 Å². The van der Waals surface area contributed by atoms with Gasteiger partial charge in [0, 0.05) is 4.90 Å². The predicted octanol–water partition coefficient (Wildman–Crippen LogP) is 3.25. The van der Waals surface area contributed by atoms with Crippen molar-refractivity contribution in [2.45, 2.75) is 11.5 Å². The summed E-state index contributed by atoms with van der Waals surface area (Å²) in [6.45, 7) is 0.00559. The van der Waals surface area contributed by atoms with Crippen molar-refractivity contribution in [1.82, 2.24) is 0 Å². The molecule has 0 unspecified atom stereocenters. The van der Waals surface area contributed by atoms with Crippen LogP contribution in [0.2, 0.25) is 0 Å². The van der Waals surface area contributed by atoms with Gasteiger partial charge in [-0.2, -0.15) is 4.39 Å². The van der Waals surface area contributed by atoms with Gasteiger partial charge in [-0.15, -0.1) is 23.1 Å². The number of fused-ring (bicyclic) bond motifs is 1. The van der Waals surface area contributed by atoms with Crippen LogP contribution in [0.25, 0.3) is 10.1 Å². The molecule has 1 aromatic carbocycles. The number of thiophene rings is 1. The first-order valence-corrected chi connectivity index (χ1v) is 6.16. The third-order valence-corrected chi connectivity index (χ3v) is 4.03. The van der Waals surface area contributed by atoms with Gasteiger partial charge in [0.05, 0.1) is 11.3 Å². The maximum absolute atomic E-state index is 13.0. The van der Waals surface area contributed by atoms with Gasteiger partial charge < -0.3 is 5.11 Å². The van der Waals surface area contributed by atoms with Crippen molar-refractivity contribution in [1.29, 1.82) is 0 Å². The zero-order valence-electron chi connectivity index (χ0n) is 7.58. The van der Waals surface area contributed by atoms with Crippen LogP contribution in [0.1, 0.15) is 5.56 Å². The Labute approximate surface area is 89.6 Å². The average molecular weight is 228 g/mol. The van der Waals surface area contributed by atoms with Crippen molar-refractivity contribution in [3.63, 3.8) is 0 Å². The van der Waals surface area contributed by atoms with Crippen molar-refractivity contribution in [3.8, 4) is 0 Å². The second-order valence-electron chi connectivity index (χ2n) is 2.88. The summed E-state index contributed by atoms with van der Waals surface area (Å²) >= 11 is 2.68. The van der Waals surface area contributed by atoms with E-state index >= 15 is 0 Å². The van der Waals surface area contributed by atoms with E-state index in [1.54, 1.807) is 11.8 Å². The van der Waals surface area contributed by atoms with E-state index in [1.165, 1.54) is 6.07 Å². The molecule has 1 heterocycles. The largest absolute Gasteiger partial charge is 0.392 e. The smallest absolute Gasteiger partial charge is 0.177 e. The van der Waals surface area contributed by atoms with E-state index in [2.05, 4.69) is 0 Å². The summed E-state index contributed by atoms with van der Waals surface area (Å²) < 4.78 is 14.0. The molecule has 0 saturated heterocycles. The van der Waals surface area contributed by atoms with Crippen LogP contribution in [0.5, 0.6) is 0 Å².